The van der Waals surface area contributed by atoms with Crippen molar-refractivity contribution in [3.8, 4) is 0 Å². The van der Waals surface area contributed by atoms with E-state index >= 15 is 0 Å². The summed E-state index contributed by atoms with van der Waals surface area (Å²) < 4.78 is 0. The molecule has 1 aromatic heterocycles. The molecule has 1 aromatic rings. The van der Waals surface area contributed by atoms with E-state index in [9.17, 15) is 0 Å². The Morgan fingerprint density at radius 1 is 1.31 bits per heavy atom. The summed E-state index contributed by atoms with van der Waals surface area (Å²) in [5.74, 6) is 0. The molecule has 3 heteroatoms. The Bertz CT molecular complexity index is 270. The van der Waals surface area contributed by atoms with Crippen LogP contribution in [0.4, 0.5) is 0 Å². The van der Waals surface area contributed by atoms with Crippen molar-refractivity contribution in [1.29, 1.82) is 0 Å². The maximum atomic E-state index is 4.04. The van der Waals surface area contributed by atoms with Gasteiger partial charge in [0.1, 0.15) is 0 Å². The Morgan fingerprint density at radius 2 is 2.00 bits per heavy atom. The largest absolute Gasteiger partial charge is 0.316 e. The van der Waals surface area contributed by atoms with Gasteiger partial charge in [-0.2, -0.15) is 0 Å². The average molecular weight is 221 g/mol. The molecule has 0 aliphatic rings. The standard InChI is InChI=1S/C13H23N3/c1-4-13(14-3)11-16(5-2)10-12-6-8-15-9-7-12/h6-9,13-14H,4-5,10-11H2,1-3H3. The molecule has 0 saturated carbocycles. The van der Waals surface area contributed by atoms with Crippen molar-refractivity contribution in [2.75, 3.05) is 20.1 Å². The Balaban J connectivity index is 2.49. The van der Waals surface area contributed by atoms with Gasteiger partial charge >= 0.3 is 0 Å². The van der Waals surface area contributed by atoms with Crippen LogP contribution < -0.4 is 5.32 Å². The molecule has 0 aliphatic heterocycles. The van der Waals surface area contributed by atoms with Crippen LogP contribution in [0.2, 0.25) is 0 Å². The summed E-state index contributed by atoms with van der Waals surface area (Å²) in [4.78, 5) is 6.50. The van der Waals surface area contributed by atoms with Crippen LogP contribution in [-0.4, -0.2) is 36.1 Å². The highest BCUT2D eigenvalue weighted by atomic mass is 15.1. The van der Waals surface area contributed by atoms with Crippen molar-refractivity contribution in [1.82, 2.24) is 15.2 Å². The number of likely N-dealkylation sites (N-methyl/N-ethyl adjacent to an activating group) is 2. The van der Waals surface area contributed by atoms with Gasteiger partial charge in [-0.1, -0.05) is 13.8 Å². The lowest BCUT2D eigenvalue weighted by Gasteiger charge is -2.25. The van der Waals surface area contributed by atoms with Crippen LogP contribution in [0.1, 0.15) is 25.8 Å². The molecular weight excluding hydrogens is 198 g/mol. The number of rotatable bonds is 7. The maximum Gasteiger partial charge on any atom is 0.0271 e. The Labute approximate surface area is 98.9 Å². The number of nitrogens with one attached hydrogen (secondary N) is 1. The van der Waals surface area contributed by atoms with Gasteiger partial charge in [-0.25, -0.2) is 0 Å². The second kappa shape index (κ2) is 7.36. The molecule has 0 fully saturated rings. The SMILES string of the molecule is CCC(CN(CC)Cc1ccncc1)NC. The van der Waals surface area contributed by atoms with Crippen molar-refractivity contribution in [3.63, 3.8) is 0 Å². The van der Waals surface area contributed by atoms with Crippen molar-refractivity contribution in [2.45, 2.75) is 32.9 Å². The molecule has 0 aliphatic carbocycles. The number of aromatic nitrogens is 1. The molecule has 1 heterocycles. The normalized spacial score (nSPS) is 13.0. The Kier molecular flexibility index (Phi) is 6.04. The lowest BCUT2D eigenvalue weighted by molar-refractivity contribution is 0.246. The molecule has 0 amide bonds. The average Bonchev–Trinajstić information content (AvgIpc) is 2.35. The second-order valence-electron chi connectivity index (χ2n) is 4.08. The van der Waals surface area contributed by atoms with E-state index in [1.807, 2.05) is 19.4 Å². The summed E-state index contributed by atoms with van der Waals surface area (Å²) >= 11 is 0. The molecule has 1 unspecified atom stereocenters. The van der Waals surface area contributed by atoms with Crippen molar-refractivity contribution >= 4 is 0 Å². The molecule has 0 aromatic carbocycles. The highest BCUT2D eigenvalue weighted by Crippen LogP contribution is 2.04. The first-order valence-corrected chi connectivity index (χ1v) is 6.08. The monoisotopic (exact) mass is 221 g/mol. The van der Waals surface area contributed by atoms with Crippen molar-refractivity contribution in [3.05, 3.63) is 30.1 Å². The topological polar surface area (TPSA) is 28.2 Å². The summed E-state index contributed by atoms with van der Waals surface area (Å²) in [5, 5.41) is 3.35. The number of hydrogen-bond acceptors (Lipinski definition) is 3. The quantitative estimate of drug-likeness (QED) is 0.762. The van der Waals surface area contributed by atoms with Gasteiger partial charge in [0.15, 0.2) is 0 Å². The van der Waals surface area contributed by atoms with Gasteiger partial charge in [-0.05, 0) is 37.7 Å². The van der Waals surface area contributed by atoms with Gasteiger partial charge in [0, 0.05) is 31.5 Å². The van der Waals surface area contributed by atoms with E-state index in [0.29, 0.717) is 6.04 Å². The first-order valence-electron chi connectivity index (χ1n) is 6.08. The van der Waals surface area contributed by atoms with Crippen LogP contribution in [0.25, 0.3) is 0 Å². The predicted molar refractivity (Wildman–Crippen MR) is 68.3 cm³/mol. The van der Waals surface area contributed by atoms with E-state index in [2.05, 4.69) is 41.2 Å². The van der Waals surface area contributed by atoms with Gasteiger partial charge in [0.05, 0.1) is 0 Å². The molecule has 0 bridgehead atoms. The molecule has 0 radical (unpaired) electrons. The van der Waals surface area contributed by atoms with Crippen molar-refractivity contribution in [2.24, 2.45) is 0 Å². The minimum Gasteiger partial charge on any atom is -0.316 e. The molecule has 90 valence electrons. The third kappa shape index (κ3) is 4.29. The van der Waals surface area contributed by atoms with Crippen molar-refractivity contribution < 1.29 is 0 Å². The molecule has 0 spiro atoms. The van der Waals surface area contributed by atoms with Gasteiger partial charge in [-0.3, -0.25) is 9.88 Å². The highest BCUT2D eigenvalue weighted by Gasteiger charge is 2.09. The molecule has 1 atom stereocenters. The van der Waals surface area contributed by atoms with E-state index < -0.39 is 0 Å². The minimum absolute atomic E-state index is 0.585. The lowest BCUT2D eigenvalue weighted by atomic mass is 10.2. The van der Waals surface area contributed by atoms with Crippen LogP contribution in [0.15, 0.2) is 24.5 Å². The molecule has 3 nitrogen and oxygen atoms in total. The third-order valence-corrected chi connectivity index (χ3v) is 2.98. The van der Waals surface area contributed by atoms with Crippen LogP contribution in [0.3, 0.4) is 0 Å². The summed E-state index contributed by atoms with van der Waals surface area (Å²) in [6.45, 7) is 7.63. The summed E-state index contributed by atoms with van der Waals surface area (Å²) in [6.07, 6.45) is 4.89. The third-order valence-electron chi connectivity index (χ3n) is 2.98. The summed E-state index contributed by atoms with van der Waals surface area (Å²) in [5.41, 5.74) is 1.34. The fourth-order valence-corrected chi connectivity index (χ4v) is 1.79. The highest BCUT2D eigenvalue weighted by molar-refractivity contribution is 5.09. The molecular formula is C13H23N3. The van der Waals surface area contributed by atoms with Gasteiger partial charge in [-0.15, -0.1) is 0 Å². The fourth-order valence-electron chi connectivity index (χ4n) is 1.79. The smallest absolute Gasteiger partial charge is 0.0271 e. The predicted octanol–water partition coefficient (Wildman–Crippen LogP) is 1.90. The molecule has 1 rings (SSSR count). The Morgan fingerprint density at radius 3 is 2.50 bits per heavy atom. The second-order valence-corrected chi connectivity index (χ2v) is 4.08. The lowest BCUT2D eigenvalue weighted by Crippen LogP contribution is -2.38. The summed E-state index contributed by atoms with van der Waals surface area (Å²) in [6, 6.07) is 4.76. The number of hydrogen-bond donors (Lipinski definition) is 1. The zero-order valence-corrected chi connectivity index (χ0v) is 10.6. The zero-order valence-electron chi connectivity index (χ0n) is 10.6. The van der Waals surface area contributed by atoms with Crippen LogP contribution in [0.5, 0.6) is 0 Å². The minimum atomic E-state index is 0.585. The molecule has 1 N–H and O–H groups in total. The van der Waals surface area contributed by atoms with E-state index in [1.165, 1.54) is 12.0 Å². The molecule has 0 saturated heterocycles. The maximum absolute atomic E-state index is 4.04. The summed E-state index contributed by atoms with van der Waals surface area (Å²) in [7, 11) is 2.04. The van der Waals surface area contributed by atoms with E-state index in [-0.39, 0.29) is 0 Å². The number of nitrogens with zero attached hydrogens (tertiary/aromatic N) is 2. The fraction of sp³-hybridized carbons (Fsp3) is 0.615. The Hall–Kier alpha value is -0.930. The van der Waals surface area contributed by atoms with E-state index in [4.69, 9.17) is 0 Å². The van der Waals surface area contributed by atoms with Gasteiger partial charge < -0.3 is 5.32 Å². The van der Waals surface area contributed by atoms with Crippen LogP contribution in [-0.2, 0) is 6.54 Å². The molecule has 16 heavy (non-hydrogen) atoms. The van der Waals surface area contributed by atoms with Gasteiger partial charge in [0.2, 0.25) is 0 Å². The van der Waals surface area contributed by atoms with Gasteiger partial charge in [0.25, 0.3) is 0 Å². The zero-order chi connectivity index (χ0) is 11.8. The first kappa shape index (κ1) is 13.1. The van der Waals surface area contributed by atoms with E-state index in [0.717, 1.165) is 19.6 Å². The van der Waals surface area contributed by atoms with Crippen LogP contribution in [0, 0.1) is 0 Å². The first-order chi connectivity index (χ1) is 7.80. The number of pyridine rings is 1. The van der Waals surface area contributed by atoms with E-state index in [1.54, 1.807) is 0 Å². The van der Waals surface area contributed by atoms with Crippen LogP contribution >= 0.6 is 0 Å².